The van der Waals surface area contributed by atoms with Crippen molar-refractivity contribution in [2.45, 2.75) is 85.5 Å². The van der Waals surface area contributed by atoms with Crippen LogP contribution in [0.5, 0.6) is 5.75 Å². The van der Waals surface area contributed by atoms with E-state index in [1.807, 2.05) is 6.92 Å². The molecule has 0 saturated heterocycles. The molecule has 0 unspecified atom stereocenters. The van der Waals surface area contributed by atoms with Crippen LogP contribution in [0.15, 0.2) is 34.9 Å². The number of allylic oxidation sites excluding steroid dienone is 4. The van der Waals surface area contributed by atoms with E-state index in [0.29, 0.717) is 18.6 Å². The molecule has 0 fully saturated rings. The zero-order valence-electron chi connectivity index (χ0n) is 17.7. The Balaban J connectivity index is 2.30. The first-order chi connectivity index (χ1) is 11.8. The predicted octanol–water partition coefficient (Wildman–Crippen LogP) is 6.16. The molecule has 0 heterocycles. The summed E-state index contributed by atoms with van der Waals surface area (Å²) in [5.74, 6) is 0.646. The Morgan fingerprint density at radius 3 is 1.88 bits per heavy atom. The minimum Gasteiger partial charge on any atom is -0.507 e. The van der Waals surface area contributed by atoms with Crippen LogP contribution < -0.4 is 0 Å². The first-order valence-corrected chi connectivity index (χ1v) is 9.57. The van der Waals surface area contributed by atoms with Gasteiger partial charge in [-0.25, -0.2) is 0 Å². The number of carbonyl (C=O) groups is 1. The summed E-state index contributed by atoms with van der Waals surface area (Å²) in [6.45, 7) is 16.8. The highest BCUT2D eigenvalue weighted by atomic mass is 16.3. The van der Waals surface area contributed by atoms with Crippen LogP contribution >= 0.6 is 0 Å². The third kappa shape index (κ3) is 4.47. The third-order valence-corrected chi connectivity index (χ3v) is 5.16. The van der Waals surface area contributed by atoms with Crippen molar-refractivity contribution in [3.8, 4) is 5.75 Å². The van der Waals surface area contributed by atoms with E-state index >= 15 is 0 Å². The summed E-state index contributed by atoms with van der Waals surface area (Å²) in [6.07, 6.45) is 4.14. The fourth-order valence-electron chi connectivity index (χ4n) is 3.64. The summed E-state index contributed by atoms with van der Waals surface area (Å²) < 4.78 is 0. The Kier molecular flexibility index (Phi) is 5.56. The smallest absolute Gasteiger partial charge is 0.159 e. The lowest BCUT2D eigenvalue weighted by Crippen LogP contribution is -2.18. The first-order valence-electron chi connectivity index (χ1n) is 9.57. The standard InChI is InChI=1S/C24H34O2/c1-15-11-16(2)18(12-15)21(25)10-9-17-13-19(23(3,4)5)22(26)20(14-17)24(6,7)8/h11,13-14,26H,9-10,12H2,1-8H3. The van der Waals surface area contributed by atoms with Crippen LogP contribution in [-0.4, -0.2) is 10.9 Å². The lowest BCUT2D eigenvalue weighted by molar-refractivity contribution is -0.115. The van der Waals surface area contributed by atoms with E-state index in [0.717, 1.165) is 34.3 Å². The predicted molar refractivity (Wildman–Crippen MR) is 110 cm³/mol. The number of rotatable bonds is 4. The largest absolute Gasteiger partial charge is 0.507 e. The van der Waals surface area contributed by atoms with E-state index < -0.39 is 0 Å². The van der Waals surface area contributed by atoms with Crippen molar-refractivity contribution in [2.24, 2.45) is 0 Å². The summed E-state index contributed by atoms with van der Waals surface area (Å²) in [4.78, 5) is 12.7. The zero-order chi connectivity index (χ0) is 19.9. The van der Waals surface area contributed by atoms with E-state index in [1.165, 1.54) is 5.57 Å². The molecule has 1 aromatic carbocycles. The highest BCUT2D eigenvalue weighted by Gasteiger charge is 2.26. The second-order valence-electron chi connectivity index (χ2n) is 9.79. The number of benzene rings is 1. The van der Waals surface area contributed by atoms with Gasteiger partial charge < -0.3 is 5.11 Å². The van der Waals surface area contributed by atoms with Gasteiger partial charge in [-0.3, -0.25) is 4.79 Å². The van der Waals surface area contributed by atoms with Crippen molar-refractivity contribution in [1.82, 2.24) is 0 Å². The second kappa shape index (κ2) is 7.06. The van der Waals surface area contributed by atoms with E-state index in [-0.39, 0.29) is 16.6 Å². The van der Waals surface area contributed by atoms with E-state index in [2.05, 4.69) is 66.7 Å². The van der Waals surface area contributed by atoms with Crippen LogP contribution in [0.3, 0.4) is 0 Å². The summed E-state index contributed by atoms with van der Waals surface area (Å²) >= 11 is 0. The highest BCUT2D eigenvalue weighted by Crippen LogP contribution is 2.40. The van der Waals surface area contributed by atoms with Crippen LogP contribution in [0.4, 0.5) is 0 Å². The number of phenols is 1. The van der Waals surface area contributed by atoms with Gasteiger partial charge in [0.05, 0.1) is 0 Å². The van der Waals surface area contributed by atoms with Gasteiger partial charge in [0.1, 0.15) is 5.75 Å². The SMILES string of the molecule is CC1=CC(C)=C(C(=O)CCc2cc(C(C)(C)C)c(O)c(C(C)(C)C)c2)C1. The van der Waals surface area contributed by atoms with E-state index in [9.17, 15) is 9.90 Å². The average molecular weight is 355 g/mol. The van der Waals surface area contributed by atoms with Crippen molar-refractivity contribution in [3.05, 3.63) is 51.6 Å². The number of aromatic hydroxyl groups is 1. The molecule has 0 amide bonds. The number of hydrogen-bond donors (Lipinski definition) is 1. The van der Waals surface area contributed by atoms with Gasteiger partial charge >= 0.3 is 0 Å². The Morgan fingerprint density at radius 1 is 1.00 bits per heavy atom. The van der Waals surface area contributed by atoms with Gasteiger partial charge in [0.25, 0.3) is 0 Å². The molecule has 1 N–H and O–H groups in total. The highest BCUT2D eigenvalue weighted by molar-refractivity contribution is 5.97. The topological polar surface area (TPSA) is 37.3 Å². The van der Waals surface area contributed by atoms with Crippen LogP contribution in [-0.2, 0) is 22.0 Å². The van der Waals surface area contributed by atoms with E-state index in [1.54, 1.807) is 0 Å². The molecule has 1 aliphatic rings. The van der Waals surface area contributed by atoms with Crippen molar-refractivity contribution in [3.63, 3.8) is 0 Å². The van der Waals surface area contributed by atoms with Crippen LogP contribution in [0, 0.1) is 0 Å². The number of carbonyl (C=O) groups excluding carboxylic acids is 1. The molecular weight excluding hydrogens is 320 g/mol. The van der Waals surface area contributed by atoms with Crippen LogP contribution in [0.1, 0.15) is 84.9 Å². The Hall–Kier alpha value is -1.83. The quantitative estimate of drug-likeness (QED) is 0.703. The van der Waals surface area contributed by atoms with Crippen LogP contribution in [0.25, 0.3) is 0 Å². The van der Waals surface area contributed by atoms with Gasteiger partial charge in [-0.1, -0.05) is 65.3 Å². The molecule has 0 spiro atoms. The maximum atomic E-state index is 12.7. The summed E-state index contributed by atoms with van der Waals surface area (Å²) in [6, 6.07) is 4.16. The van der Waals surface area contributed by atoms with E-state index in [4.69, 9.17) is 0 Å². The molecule has 0 bridgehead atoms. The van der Waals surface area contributed by atoms with Crippen molar-refractivity contribution in [2.75, 3.05) is 0 Å². The minimum atomic E-state index is -0.143. The van der Waals surface area contributed by atoms with Crippen molar-refractivity contribution in [1.29, 1.82) is 0 Å². The fourth-order valence-corrected chi connectivity index (χ4v) is 3.64. The number of ketones is 1. The maximum absolute atomic E-state index is 12.7. The van der Waals surface area contributed by atoms with Gasteiger partial charge in [-0.2, -0.15) is 0 Å². The maximum Gasteiger partial charge on any atom is 0.159 e. The molecular formula is C24H34O2. The lowest BCUT2D eigenvalue weighted by Gasteiger charge is -2.28. The molecule has 0 atom stereocenters. The molecule has 0 radical (unpaired) electrons. The summed E-state index contributed by atoms with van der Waals surface area (Å²) in [7, 11) is 0. The van der Waals surface area contributed by atoms with Gasteiger partial charge in [0.2, 0.25) is 0 Å². The molecule has 1 aromatic rings. The molecule has 0 aliphatic heterocycles. The number of aryl methyl sites for hydroxylation is 1. The van der Waals surface area contributed by atoms with Gasteiger partial charge in [0, 0.05) is 12.0 Å². The Morgan fingerprint density at radius 2 is 1.50 bits per heavy atom. The lowest BCUT2D eigenvalue weighted by atomic mass is 9.78. The molecule has 0 aromatic heterocycles. The Bertz CT molecular complexity index is 742. The van der Waals surface area contributed by atoms with Crippen molar-refractivity contribution >= 4 is 5.78 Å². The minimum absolute atomic E-state index is 0.143. The second-order valence-corrected chi connectivity index (χ2v) is 9.79. The third-order valence-electron chi connectivity index (χ3n) is 5.16. The van der Waals surface area contributed by atoms with Gasteiger partial charge in [-0.05, 0) is 59.8 Å². The average Bonchev–Trinajstić information content (AvgIpc) is 2.82. The molecule has 0 saturated carbocycles. The molecule has 2 heteroatoms. The fraction of sp³-hybridized carbons (Fsp3) is 0.542. The number of phenolic OH excluding ortho intramolecular Hbond substituents is 1. The normalized spacial score (nSPS) is 15.5. The zero-order valence-corrected chi connectivity index (χ0v) is 17.7. The molecule has 1 aliphatic carbocycles. The van der Waals surface area contributed by atoms with Gasteiger partial charge in [-0.15, -0.1) is 0 Å². The monoisotopic (exact) mass is 354 g/mol. The first kappa shape index (κ1) is 20.5. The molecule has 26 heavy (non-hydrogen) atoms. The molecule has 142 valence electrons. The summed E-state index contributed by atoms with van der Waals surface area (Å²) in [5.41, 5.74) is 6.11. The summed E-state index contributed by atoms with van der Waals surface area (Å²) in [5, 5.41) is 10.8. The Labute approximate surface area is 159 Å². The van der Waals surface area contributed by atoms with Crippen molar-refractivity contribution < 1.29 is 9.90 Å². The molecule has 2 nitrogen and oxygen atoms in total. The van der Waals surface area contributed by atoms with Gasteiger partial charge in [0.15, 0.2) is 5.78 Å². The van der Waals surface area contributed by atoms with Crippen LogP contribution in [0.2, 0.25) is 0 Å². The molecule has 2 rings (SSSR count). The number of hydrogen-bond acceptors (Lipinski definition) is 2. The number of Topliss-reactive ketones (excluding diaryl/α,β-unsaturated/α-hetero) is 1.